The van der Waals surface area contributed by atoms with Gasteiger partial charge in [0.15, 0.2) is 11.0 Å². The molecule has 0 bridgehead atoms. The first-order valence-corrected chi connectivity index (χ1v) is 13.2. The van der Waals surface area contributed by atoms with Crippen molar-refractivity contribution in [3.63, 3.8) is 0 Å². The van der Waals surface area contributed by atoms with Gasteiger partial charge in [0.2, 0.25) is 5.91 Å². The molecule has 1 aromatic heterocycles. The molecule has 4 aromatic rings. The number of nitrogens with one attached hydrogen (secondary N) is 2. The number of hydrogen-bond donors (Lipinski definition) is 2. The molecule has 0 unspecified atom stereocenters. The number of methoxy groups -OCH3 is 2. The number of benzene rings is 3. The molecular formula is C28H29N5O5S. The highest BCUT2D eigenvalue weighted by atomic mass is 32.2. The number of ether oxygens (including phenoxy) is 3. The number of amides is 1. The van der Waals surface area contributed by atoms with Crippen LogP contribution in [0.15, 0.2) is 78.0 Å². The van der Waals surface area contributed by atoms with Gasteiger partial charge >= 0.3 is 5.97 Å². The highest BCUT2D eigenvalue weighted by Crippen LogP contribution is 2.25. The maximum absolute atomic E-state index is 12.7. The molecular weight excluding hydrogens is 518 g/mol. The van der Waals surface area contributed by atoms with Crippen molar-refractivity contribution in [2.24, 2.45) is 0 Å². The van der Waals surface area contributed by atoms with Crippen LogP contribution >= 0.6 is 11.8 Å². The Labute approximate surface area is 230 Å². The summed E-state index contributed by atoms with van der Waals surface area (Å²) < 4.78 is 17.4. The van der Waals surface area contributed by atoms with Crippen LogP contribution in [-0.2, 0) is 16.1 Å². The molecule has 39 heavy (non-hydrogen) atoms. The minimum Gasteiger partial charge on any atom is -0.497 e. The second-order valence-electron chi connectivity index (χ2n) is 8.15. The Bertz CT molecular complexity index is 1410. The number of nitrogens with zero attached hydrogens (tertiary/aromatic N) is 3. The van der Waals surface area contributed by atoms with Crippen molar-refractivity contribution >= 4 is 35.0 Å². The van der Waals surface area contributed by atoms with Gasteiger partial charge in [-0.2, -0.15) is 0 Å². The summed E-state index contributed by atoms with van der Waals surface area (Å²) in [7, 11) is 3.24. The van der Waals surface area contributed by atoms with Gasteiger partial charge in [0.05, 0.1) is 38.7 Å². The van der Waals surface area contributed by atoms with Crippen LogP contribution in [0.25, 0.3) is 5.69 Å². The van der Waals surface area contributed by atoms with Gasteiger partial charge < -0.3 is 24.8 Å². The zero-order valence-corrected chi connectivity index (χ0v) is 22.7. The van der Waals surface area contributed by atoms with Gasteiger partial charge in [-0.25, -0.2) is 4.79 Å². The lowest BCUT2D eigenvalue weighted by Gasteiger charge is -2.12. The van der Waals surface area contributed by atoms with E-state index in [2.05, 4.69) is 20.8 Å². The van der Waals surface area contributed by atoms with Crippen LogP contribution in [0.4, 0.5) is 11.4 Å². The molecule has 1 amide bonds. The SMILES string of the molecule is CCOC(=O)c1cccc(NC(=O)CSc2nnc(CNc3ccc(OC)cc3)n2-c2ccc(OC)cc2)c1. The minimum atomic E-state index is -0.439. The molecule has 0 radical (unpaired) electrons. The van der Waals surface area contributed by atoms with Crippen LogP contribution in [0.2, 0.25) is 0 Å². The fraction of sp³-hybridized carbons (Fsp3) is 0.214. The molecule has 0 spiro atoms. The largest absolute Gasteiger partial charge is 0.497 e. The summed E-state index contributed by atoms with van der Waals surface area (Å²) >= 11 is 1.26. The number of esters is 1. The molecule has 0 aliphatic carbocycles. The lowest BCUT2D eigenvalue weighted by molar-refractivity contribution is -0.113. The lowest BCUT2D eigenvalue weighted by Crippen LogP contribution is -2.15. The summed E-state index contributed by atoms with van der Waals surface area (Å²) in [5, 5.41) is 15.5. The summed E-state index contributed by atoms with van der Waals surface area (Å²) in [4.78, 5) is 24.8. The number of anilines is 2. The Morgan fingerprint density at radius 3 is 2.26 bits per heavy atom. The van der Waals surface area contributed by atoms with E-state index in [1.165, 1.54) is 11.8 Å². The Balaban J connectivity index is 1.48. The van der Waals surface area contributed by atoms with Gasteiger partial charge in [-0.15, -0.1) is 10.2 Å². The van der Waals surface area contributed by atoms with E-state index in [0.29, 0.717) is 28.8 Å². The predicted octanol–water partition coefficient (Wildman–Crippen LogP) is 4.80. The van der Waals surface area contributed by atoms with Crippen molar-refractivity contribution in [3.05, 3.63) is 84.2 Å². The highest BCUT2D eigenvalue weighted by Gasteiger charge is 2.17. The molecule has 0 saturated carbocycles. The molecule has 1 heterocycles. The van der Waals surface area contributed by atoms with Crippen molar-refractivity contribution in [3.8, 4) is 17.2 Å². The van der Waals surface area contributed by atoms with Gasteiger partial charge in [0.1, 0.15) is 11.5 Å². The summed E-state index contributed by atoms with van der Waals surface area (Å²) in [6.45, 7) is 2.42. The second-order valence-corrected chi connectivity index (χ2v) is 9.09. The number of thioether (sulfide) groups is 1. The number of rotatable bonds is 12. The van der Waals surface area contributed by atoms with Crippen molar-refractivity contribution in [1.82, 2.24) is 14.8 Å². The zero-order chi connectivity index (χ0) is 27.6. The third-order valence-electron chi connectivity index (χ3n) is 5.56. The van der Waals surface area contributed by atoms with Gasteiger partial charge in [0.25, 0.3) is 0 Å². The normalized spacial score (nSPS) is 10.5. The molecule has 0 aliphatic heterocycles. The van der Waals surface area contributed by atoms with E-state index in [0.717, 1.165) is 22.9 Å². The first-order valence-electron chi connectivity index (χ1n) is 12.2. The summed E-state index contributed by atoms with van der Waals surface area (Å²) in [6, 6.07) is 21.7. The molecule has 2 N–H and O–H groups in total. The minimum absolute atomic E-state index is 0.0871. The molecule has 10 nitrogen and oxygen atoms in total. The van der Waals surface area contributed by atoms with Crippen LogP contribution in [0.5, 0.6) is 11.5 Å². The van der Waals surface area contributed by atoms with E-state index in [1.807, 2.05) is 53.1 Å². The molecule has 3 aromatic carbocycles. The first-order chi connectivity index (χ1) is 19.0. The van der Waals surface area contributed by atoms with Crippen LogP contribution in [0.3, 0.4) is 0 Å². The second kappa shape index (κ2) is 13.3. The first kappa shape index (κ1) is 27.5. The fourth-order valence-electron chi connectivity index (χ4n) is 3.65. The molecule has 0 fully saturated rings. The van der Waals surface area contributed by atoms with E-state index in [4.69, 9.17) is 14.2 Å². The van der Waals surface area contributed by atoms with Crippen molar-refractivity contribution in [2.75, 3.05) is 37.2 Å². The molecule has 11 heteroatoms. The van der Waals surface area contributed by atoms with E-state index < -0.39 is 5.97 Å². The third kappa shape index (κ3) is 7.29. The van der Waals surface area contributed by atoms with Crippen molar-refractivity contribution in [2.45, 2.75) is 18.6 Å². The van der Waals surface area contributed by atoms with Crippen LogP contribution in [-0.4, -0.2) is 53.2 Å². The summed E-state index contributed by atoms with van der Waals surface area (Å²) in [6.07, 6.45) is 0. The van der Waals surface area contributed by atoms with Gasteiger partial charge in [-0.3, -0.25) is 9.36 Å². The van der Waals surface area contributed by atoms with E-state index in [9.17, 15) is 9.59 Å². The summed E-state index contributed by atoms with van der Waals surface area (Å²) in [5.74, 6) is 1.56. The van der Waals surface area contributed by atoms with Gasteiger partial charge in [-0.05, 0) is 73.7 Å². The number of aromatic nitrogens is 3. The Morgan fingerprint density at radius 2 is 1.59 bits per heavy atom. The number of carbonyl (C=O) groups excluding carboxylic acids is 2. The average molecular weight is 548 g/mol. The maximum atomic E-state index is 12.7. The lowest BCUT2D eigenvalue weighted by atomic mass is 10.2. The maximum Gasteiger partial charge on any atom is 0.338 e. The number of carbonyl (C=O) groups is 2. The average Bonchev–Trinajstić information content (AvgIpc) is 3.38. The Kier molecular flexibility index (Phi) is 9.41. The monoisotopic (exact) mass is 547 g/mol. The van der Waals surface area contributed by atoms with Gasteiger partial charge in [-0.1, -0.05) is 17.8 Å². The molecule has 0 saturated heterocycles. The van der Waals surface area contributed by atoms with E-state index >= 15 is 0 Å². The fourth-order valence-corrected chi connectivity index (χ4v) is 4.43. The highest BCUT2D eigenvalue weighted by molar-refractivity contribution is 7.99. The van der Waals surface area contributed by atoms with Crippen molar-refractivity contribution in [1.29, 1.82) is 0 Å². The Hall–Kier alpha value is -4.51. The van der Waals surface area contributed by atoms with Crippen LogP contribution in [0, 0.1) is 0 Å². The zero-order valence-electron chi connectivity index (χ0n) is 21.8. The van der Waals surface area contributed by atoms with Gasteiger partial charge in [0, 0.05) is 17.1 Å². The molecule has 0 aliphatic rings. The smallest absolute Gasteiger partial charge is 0.338 e. The summed E-state index contributed by atoms with van der Waals surface area (Å²) in [5.41, 5.74) is 2.61. The quantitative estimate of drug-likeness (QED) is 0.190. The number of hydrogen-bond acceptors (Lipinski definition) is 9. The third-order valence-corrected chi connectivity index (χ3v) is 6.49. The van der Waals surface area contributed by atoms with E-state index in [1.54, 1.807) is 45.4 Å². The molecule has 0 atom stereocenters. The standard InChI is InChI=1S/C28H29N5O5S/c1-4-38-27(35)19-6-5-7-21(16-19)30-26(34)18-39-28-32-31-25(17-29-20-8-12-23(36-2)13-9-20)33(28)22-10-14-24(37-3)15-11-22/h5-16,29H,4,17-18H2,1-3H3,(H,30,34). The van der Waals surface area contributed by atoms with E-state index in [-0.39, 0.29) is 18.3 Å². The van der Waals surface area contributed by atoms with Crippen LogP contribution in [0.1, 0.15) is 23.1 Å². The molecule has 4 rings (SSSR count). The Morgan fingerprint density at radius 1 is 0.897 bits per heavy atom. The van der Waals surface area contributed by atoms with Crippen molar-refractivity contribution < 1.29 is 23.8 Å². The molecule has 202 valence electrons. The topological polar surface area (TPSA) is 117 Å². The predicted molar refractivity (Wildman–Crippen MR) is 150 cm³/mol. The van der Waals surface area contributed by atoms with Crippen LogP contribution < -0.4 is 20.1 Å².